The van der Waals surface area contributed by atoms with Crippen LogP contribution in [-0.4, -0.2) is 19.3 Å². The van der Waals surface area contributed by atoms with Gasteiger partial charge in [0.15, 0.2) is 0 Å². The van der Waals surface area contributed by atoms with Gasteiger partial charge >= 0.3 is 0 Å². The summed E-state index contributed by atoms with van der Waals surface area (Å²) in [7, 11) is 0. The number of ether oxygens (including phenoxy) is 1. The van der Waals surface area contributed by atoms with Gasteiger partial charge in [0.1, 0.15) is 5.58 Å². The summed E-state index contributed by atoms with van der Waals surface area (Å²) in [6.07, 6.45) is 7.01. The standard InChI is InChI=1S/C17H23NO2/c1-2-18-16(10-9-13-6-5-11-19-13)15-12-20-17-8-4-3-7-14(15)17/h3-4,7-8,12-13,16,18H,2,5-6,9-11H2,1H3. The minimum absolute atomic E-state index is 0.354. The second-order valence-corrected chi connectivity index (χ2v) is 5.51. The van der Waals surface area contributed by atoms with E-state index in [1.165, 1.54) is 23.8 Å². The number of hydrogen-bond donors (Lipinski definition) is 1. The molecule has 0 spiro atoms. The molecule has 0 radical (unpaired) electrons. The number of benzene rings is 1. The number of fused-ring (bicyclic) bond motifs is 1. The first-order valence-electron chi connectivity index (χ1n) is 7.69. The Bertz CT molecular complexity index is 543. The Balaban J connectivity index is 1.75. The number of nitrogens with one attached hydrogen (secondary N) is 1. The molecule has 2 aromatic rings. The predicted octanol–water partition coefficient (Wildman–Crippen LogP) is 4.04. The summed E-state index contributed by atoms with van der Waals surface area (Å²) in [6.45, 7) is 4.06. The third kappa shape index (κ3) is 2.89. The van der Waals surface area contributed by atoms with Crippen molar-refractivity contribution >= 4 is 11.0 Å². The zero-order valence-corrected chi connectivity index (χ0v) is 12.1. The van der Waals surface area contributed by atoms with Crippen LogP contribution in [0.3, 0.4) is 0 Å². The smallest absolute Gasteiger partial charge is 0.134 e. The van der Waals surface area contributed by atoms with E-state index >= 15 is 0 Å². The van der Waals surface area contributed by atoms with E-state index in [1.54, 1.807) is 0 Å². The van der Waals surface area contributed by atoms with Crippen LogP contribution in [0.25, 0.3) is 11.0 Å². The summed E-state index contributed by atoms with van der Waals surface area (Å²) >= 11 is 0. The van der Waals surface area contributed by atoms with Crippen molar-refractivity contribution < 1.29 is 9.15 Å². The summed E-state index contributed by atoms with van der Waals surface area (Å²) in [6, 6.07) is 8.62. The molecule has 1 aliphatic rings. The Labute approximate surface area is 120 Å². The van der Waals surface area contributed by atoms with Gasteiger partial charge in [-0.1, -0.05) is 25.1 Å². The fraction of sp³-hybridized carbons (Fsp3) is 0.529. The van der Waals surface area contributed by atoms with E-state index in [2.05, 4.69) is 24.4 Å². The van der Waals surface area contributed by atoms with Crippen molar-refractivity contribution in [1.82, 2.24) is 5.32 Å². The third-order valence-electron chi connectivity index (χ3n) is 4.14. The van der Waals surface area contributed by atoms with E-state index in [0.29, 0.717) is 12.1 Å². The van der Waals surface area contributed by atoms with E-state index in [-0.39, 0.29) is 0 Å². The Hall–Kier alpha value is -1.32. The van der Waals surface area contributed by atoms with Crippen LogP contribution in [0, 0.1) is 0 Å². The molecule has 1 aromatic carbocycles. The lowest BCUT2D eigenvalue weighted by molar-refractivity contribution is 0.0996. The summed E-state index contributed by atoms with van der Waals surface area (Å²) in [5, 5.41) is 4.81. The topological polar surface area (TPSA) is 34.4 Å². The zero-order valence-electron chi connectivity index (χ0n) is 12.1. The molecule has 3 heteroatoms. The molecule has 3 rings (SSSR count). The van der Waals surface area contributed by atoms with Crippen LogP contribution in [0.15, 0.2) is 34.9 Å². The van der Waals surface area contributed by atoms with Crippen LogP contribution in [-0.2, 0) is 4.74 Å². The van der Waals surface area contributed by atoms with Crippen molar-refractivity contribution in [1.29, 1.82) is 0 Å². The van der Waals surface area contributed by atoms with Crippen LogP contribution >= 0.6 is 0 Å². The van der Waals surface area contributed by atoms with E-state index in [9.17, 15) is 0 Å². The molecule has 1 saturated heterocycles. The second kappa shape index (κ2) is 6.42. The van der Waals surface area contributed by atoms with Gasteiger partial charge in [0, 0.05) is 23.6 Å². The Morgan fingerprint density at radius 1 is 1.35 bits per heavy atom. The van der Waals surface area contributed by atoms with Crippen LogP contribution in [0.1, 0.15) is 44.2 Å². The van der Waals surface area contributed by atoms with Gasteiger partial charge in [-0.15, -0.1) is 0 Å². The van der Waals surface area contributed by atoms with E-state index in [1.807, 2.05) is 18.4 Å². The monoisotopic (exact) mass is 273 g/mol. The number of para-hydroxylation sites is 1. The molecule has 0 amide bonds. The normalized spacial score (nSPS) is 20.6. The summed E-state index contributed by atoms with van der Waals surface area (Å²) in [5.41, 5.74) is 2.25. The first-order chi connectivity index (χ1) is 9.88. The molecule has 20 heavy (non-hydrogen) atoms. The lowest BCUT2D eigenvalue weighted by atomic mass is 9.98. The first kappa shape index (κ1) is 13.7. The van der Waals surface area contributed by atoms with Crippen LogP contribution in [0.4, 0.5) is 0 Å². The molecule has 108 valence electrons. The Morgan fingerprint density at radius 3 is 3.05 bits per heavy atom. The highest BCUT2D eigenvalue weighted by molar-refractivity contribution is 5.81. The average molecular weight is 273 g/mol. The number of hydrogen-bond acceptors (Lipinski definition) is 3. The maximum Gasteiger partial charge on any atom is 0.134 e. The van der Waals surface area contributed by atoms with Gasteiger partial charge in [-0.3, -0.25) is 0 Å². The summed E-state index contributed by atoms with van der Waals surface area (Å²) in [4.78, 5) is 0. The Morgan fingerprint density at radius 2 is 2.25 bits per heavy atom. The molecular weight excluding hydrogens is 250 g/mol. The molecule has 0 saturated carbocycles. The molecule has 2 unspecified atom stereocenters. The predicted molar refractivity (Wildman–Crippen MR) is 80.8 cm³/mol. The summed E-state index contributed by atoms with van der Waals surface area (Å²) in [5.74, 6) is 0. The van der Waals surface area contributed by atoms with Crippen LogP contribution in [0.2, 0.25) is 0 Å². The maximum absolute atomic E-state index is 5.74. The van der Waals surface area contributed by atoms with Crippen LogP contribution < -0.4 is 5.32 Å². The fourth-order valence-corrected chi connectivity index (χ4v) is 3.11. The lowest BCUT2D eigenvalue weighted by Crippen LogP contribution is -2.22. The van der Waals surface area contributed by atoms with Gasteiger partial charge in [0.25, 0.3) is 0 Å². The van der Waals surface area contributed by atoms with Crippen molar-refractivity contribution in [3.8, 4) is 0 Å². The SMILES string of the molecule is CCNC(CCC1CCCO1)c1coc2ccccc12. The van der Waals surface area contributed by atoms with Gasteiger partial charge in [0.05, 0.1) is 12.4 Å². The van der Waals surface area contributed by atoms with E-state index in [0.717, 1.165) is 31.6 Å². The van der Waals surface area contributed by atoms with Gasteiger partial charge in [-0.05, 0) is 38.3 Å². The molecule has 1 fully saturated rings. The summed E-state index contributed by atoms with van der Waals surface area (Å²) < 4.78 is 11.4. The molecule has 2 heterocycles. The highest BCUT2D eigenvalue weighted by Gasteiger charge is 2.20. The minimum Gasteiger partial charge on any atom is -0.464 e. The lowest BCUT2D eigenvalue weighted by Gasteiger charge is -2.19. The first-order valence-corrected chi connectivity index (χ1v) is 7.69. The van der Waals surface area contributed by atoms with Crippen molar-refractivity contribution in [3.63, 3.8) is 0 Å². The van der Waals surface area contributed by atoms with Gasteiger partial charge in [-0.2, -0.15) is 0 Å². The highest BCUT2D eigenvalue weighted by atomic mass is 16.5. The molecule has 1 aliphatic heterocycles. The van der Waals surface area contributed by atoms with Crippen molar-refractivity contribution in [3.05, 3.63) is 36.1 Å². The third-order valence-corrected chi connectivity index (χ3v) is 4.14. The number of rotatable bonds is 6. The van der Waals surface area contributed by atoms with Gasteiger partial charge in [0.2, 0.25) is 0 Å². The maximum atomic E-state index is 5.74. The molecule has 1 aromatic heterocycles. The number of furan rings is 1. The second-order valence-electron chi connectivity index (χ2n) is 5.51. The van der Waals surface area contributed by atoms with Crippen LogP contribution in [0.5, 0.6) is 0 Å². The fourth-order valence-electron chi connectivity index (χ4n) is 3.11. The zero-order chi connectivity index (χ0) is 13.8. The van der Waals surface area contributed by atoms with Crippen molar-refractivity contribution in [2.24, 2.45) is 0 Å². The molecule has 1 N–H and O–H groups in total. The minimum atomic E-state index is 0.354. The Kier molecular flexibility index (Phi) is 4.38. The quantitative estimate of drug-likeness (QED) is 0.862. The van der Waals surface area contributed by atoms with E-state index < -0.39 is 0 Å². The van der Waals surface area contributed by atoms with Crippen molar-refractivity contribution in [2.75, 3.05) is 13.2 Å². The van der Waals surface area contributed by atoms with Gasteiger partial charge in [-0.25, -0.2) is 0 Å². The molecule has 3 nitrogen and oxygen atoms in total. The van der Waals surface area contributed by atoms with Crippen molar-refractivity contribution in [2.45, 2.75) is 44.8 Å². The molecule has 2 atom stereocenters. The molecular formula is C17H23NO2. The average Bonchev–Trinajstić information content (AvgIpc) is 3.13. The van der Waals surface area contributed by atoms with E-state index in [4.69, 9.17) is 9.15 Å². The molecule has 0 bridgehead atoms. The largest absolute Gasteiger partial charge is 0.464 e. The van der Waals surface area contributed by atoms with Gasteiger partial charge < -0.3 is 14.5 Å². The molecule has 0 aliphatic carbocycles. The highest BCUT2D eigenvalue weighted by Crippen LogP contribution is 2.30.